The van der Waals surface area contributed by atoms with Gasteiger partial charge in [0.1, 0.15) is 5.00 Å². The highest BCUT2D eigenvalue weighted by atomic mass is 32.1. The lowest BCUT2D eigenvalue weighted by Gasteiger charge is -2.31. The van der Waals surface area contributed by atoms with Gasteiger partial charge in [0.05, 0.1) is 11.4 Å². The smallest absolute Gasteiger partial charge is 0.222 e. The summed E-state index contributed by atoms with van der Waals surface area (Å²) in [7, 11) is 0. The van der Waals surface area contributed by atoms with Crippen molar-refractivity contribution < 1.29 is 4.79 Å². The maximum atomic E-state index is 11.3. The minimum Gasteiger partial charge on any atom is -0.369 e. The van der Waals surface area contributed by atoms with Crippen LogP contribution >= 0.6 is 11.5 Å². The molecule has 2 N–H and O–H groups in total. The largest absolute Gasteiger partial charge is 0.369 e. The summed E-state index contributed by atoms with van der Waals surface area (Å²) in [6.45, 7) is 1.71. The summed E-state index contributed by atoms with van der Waals surface area (Å²) in [4.78, 5) is 13.6. The number of carbonyl (C=O) groups is 1. The van der Waals surface area contributed by atoms with Gasteiger partial charge in [-0.05, 0) is 36.5 Å². The van der Waals surface area contributed by atoms with Crippen LogP contribution in [0, 0.1) is 5.92 Å². The number of aromatic nitrogens is 1. The summed E-state index contributed by atoms with van der Waals surface area (Å²) in [5.41, 5.74) is 6.44. The molecule has 4 nitrogen and oxygen atoms in total. The number of hydrogen-bond donors (Lipinski definition) is 1. The summed E-state index contributed by atoms with van der Waals surface area (Å²) >= 11 is 1.51. The molecular weight excluding hydrogens is 246 g/mol. The number of piperidine rings is 1. The zero-order valence-corrected chi connectivity index (χ0v) is 10.8. The Labute approximate surface area is 110 Å². The van der Waals surface area contributed by atoms with Crippen molar-refractivity contribution in [1.82, 2.24) is 4.37 Å². The van der Waals surface area contributed by atoms with Gasteiger partial charge in [-0.3, -0.25) is 4.79 Å². The first-order valence-corrected chi connectivity index (χ1v) is 6.92. The number of rotatable bonds is 2. The lowest BCUT2D eigenvalue weighted by atomic mass is 9.97. The molecular formula is C13H15N3OS. The third-order valence-corrected chi connectivity index (χ3v) is 4.41. The van der Waals surface area contributed by atoms with Crippen LogP contribution in [0.1, 0.15) is 12.8 Å². The van der Waals surface area contributed by atoms with Gasteiger partial charge in [-0.15, -0.1) is 0 Å². The Kier molecular flexibility index (Phi) is 2.91. The lowest BCUT2D eigenvalue weighted by molar-refractivity contribution is -0.122. The van der Waals surface area contributed by atoms with Crippen LogP contribution < -0.4 is 10.6 Å². The van der Waals surface area contributed by atoms with E-state index in [2.05, 4.69) is 15.3 Å². The Balaban J connectivity index is 1.92. The molecule has 1 amide bonds. The molecule has 1 saturated heterocycles. The zero-order valence-electron chi connectivity index (χ0n) is 10.0. The van der Waals surface area contributed by atoms with Gasteiger partial charge in [0.15, 0.2) is 0 Å². The van der Waals surface area contributed by atoms with Crippen molar-refractivity contribution in [3.63, 3.8) is 0 Å². The number of anilines is 1. The minimum absolute atomic E-state index is 0.0281. The molecule has 18 heavy (non-hydrogen) atoms. The minimum atomic E-state index is -0.187. The summed E-state index contributed by atoms with van der Waals surface area (Å²) in [6, 6.07) is 8.12. The topological polar surface area (TPSA) is 59.2 Å². The number of amides is 1. The van der Waals surface area contributed by atoms with E-state index in [9.17, 15) is 4.79 Å². The first-order chi connectivity index (χ1) is 8.75. The molecule has 5 heteroatoms. The number of carbonyl (C=O) groups excluding carboxylic acids is 1. The van der Waals surface area contributed by atoms with Gasteiger partial charge in [-0.25, -0.2) is 0 Å². The molecule has 2 aromatic rings. The fourth-order valence-corrected chi connectivity index (χ4v) is 3.39. The second-order valence-electron chi connectivity index (χ2n) is 4.69. The van der Waals surface area contributed by atoms with Gasteiger partial charge in [0.25, 0.3) is 0 Å². The highest BCUT2D eigenvalue weighted by Gasteiger charge is 2.25. The van der Waals surface area contributed by atoms with E-state index in [1.54, 1.807) is 0 Å². The monoisotopic (exact) mass is 261 g/mol. The van der Waals surface area contributed by atoms with E-state index < -0.39 is 0 Å². The first kappa shape index (κ1) is 11.5. The zero-order chi connectivity index (χ0) is 12.5. The molecule has 0 bridgehead atoms. The van der Waals surface area contributed by atoms with E-state index in [4.69, 9.17) is 5.73 Å². The van der Waals surface area contributed by atoms with Gasteiger partial charge >= 0.3 is 0 Å². The third kappa shape index (κ3) is 1.95. The first-order valence-electron chi connectivity index (χ1n) is 6.14. The molecule has 0 radical (unpaired) electrons. The molecule has 1 atom stereocenters. The predicted octanol–water partition coefficient (Wildman–Crippen LogP) is 2.00. The maximum Gasteiger partial charge on any atom is 0.222 e. The average Bonchev–Trinajstić information content (AvgIpc) is 2.82. The van der Waals surface area contributed by atoms with Crippen molar-refractivity contribution in [1.29, 1.82) is 0 Å². The number of benzene rings is 1. The molecule has 1 aromatic heterocycles. The second kappa shape index (κ2) is 4.57. The highest BCUT2D eigenvalue weighted by Crippen LogP contribution is 2.33. The van der Waals surface area contributed by atoms with Crippen LogP contribution in [0.4, 0.5) is 5.00 Å². The van der Waals surface area contributed by atoms with Crippen LogP contribution in [0.25, 0.3) is 10.9 Å². The van der Waals surface area contributed by atoms with Crippen LogP contribution in [0.2, 0.25) is 0 Å². The van der Waals surface area contributed by atoms with Gasteiger partial charge < -0.3 is 10.6 Å². The lowest BCUT2D eigenvalue weighted by Crippen LogP contribution is -2.40. The third-order valence-electron chi connectivity index (χ3n) is 3.48. The van der Waals surface area contributed by atoms with Crippen LogP contribution in [-0.2, 0) is 4.79 Å². The fraction of sp³-hybridized carbons (Fsp3) is 0.385. The molecule has 1 fully saturated rings. The Morgan fingerprint density at radius 2 is 2.28 bits per heavy atom. The number of nitrogens with zero attached hydrogens (tertiary/aromatic N) is 2. The molecule has 0 saturated carbocycles. The number of hydrogen-bond acceptors (Lipinski definition) is 4. The molecule has 0 aliphatic carbocycles. The Morgan fingerprint density at radius 3 is 3.11 bits per heavy atom. The van der Waals surface area contributed by atoms with Crippen molar-refractivity contribution in [2.24, 2.45) is 11.7 Å². The molecule has 94 valence electrons. The van der Waals surface area contributed by atoms with E-state index in [-0.39, 0.29) is 11.8 Å². The Hall–Kier alpha value is -1.62. The summed E-state index contributed by atoms with van der Waals surface area (Å²) < 4.78 is 4.45. The SMILES string of the molecule is NC(=O)C1CCCN(c2snc3ccccc23)C1. The van der Waals surface area contributed by atoms with Crippen molar-refractivity contribution in [3.05, 3.63) is 24.3 Å². The predicted molar refractivity (Wildman–Crippen MR) is 73.8 cm³/mol. The van der Waals surface area contributed by atoms with Gasteiger partial charge in [-0.1, -0.05) is 12.1 Å². The molecule has 1 aliphatic rings. The quantitative estimate of drug-likeness (QED) is 0.899. The number of primary amides is 1. The van der Waals surface area contributed by atoms with Gasteiger partial charge in [0.2, 0.25) is 5.91 Å². The van der Waals surface area contributed by atoms with Crippen molar-refractivity contribution >= 4 is 33.3 Å². The fourth-order valence-electron chi connectivity index (χ4n) is 2.50. The summed E-state index contributed by atoms with van der Waals surface area (Å²) in [5, 5.41) is 2.34. The number of fused-ring (bicyclic) bond motifs is 1. The number of nitrogens with two attached hydrogens (primary N) is 1. The standard InChI is InChI=1S/C13H15N3OS/c14-12(17)9-4-3-7-16(8-9)13-10-5-1-2-6-11(10)15-18-13/h1-2,5-6,9H,3-4,7-8H2,(H2,14,17). The van der Waals surface area contributed by atoms with E-state index in [0.29, 0.717) is 0 Å². The van der Waals surface area contributed by atoms with Gasteiger partial charge in [-0.2, -0.15) is 4.37 Å². The van der Waals surface area contributed by atoms with E-state index in [0.717, 1.165) is 36.4 Å². The molecule has 1 unspecified atom stereocenters. The Bertz CT molecular complexity index is 580. The van der Waals surface area contributed by atoms with E-state index in [1.807, 2.05) is 18.2 Å². The van der Waals surface area contributed by atoms with Crippen LogP contribution in [0.5, 0.6) is 0 Å². The molecule has 3 rings (SSSR count). The second-order valence-corrected chi connectivity index (χ2v) is 5.44. The van der Waals surface area contributed by atoms with Crippen molar-refractivity contribution in [3.8, 4) is 0 Å². The van der Waals surface area contributed by atoms with Crippen LogP contribution in [0.3, 0.4) is 0 Å². The molecule has 0 spiro atoms. The normalized spacial score (nSPS) is 20.2. The highest BCUT2D eigenvalue weighted by molar-refractivity contribution is 7.11. The molecule has 2 heterocycles. The van der Waals surface area contributed by atoms with E-state index >= 15 is 0 Å². The van der Waals surface area contributed by atoms with E-state index in [1.165, 1.54) is 16.9 Å². The van der Waals surface area contributed by atoms with Crippen molar-refractivity contribution in [2.75, 3.05) is 18.0 Å². The van der Waals surface area contributed by atoms with Crippen LogP contribution in [-0.4, -0.2) is 23.4 Å². The van der Waals surface area contributed by atoms with Gasteiger partial charge in [0, 0.05) is 18.5 Å². The maximum absolute atomic E-state index is 11.3. The Morgan fingerprint density at radius 1 is 1.44 bits per heavy atom. The molecule has 1 aliphatic heterocycles. The van der Waals surface area contributed by atoms with Crippen LogP contribution in [0.15, 0.2) is 24.3 Å². The summed E-state index contributed by atoms with van der Waals surface area (Å²) in [6.07, 6.45) is 1.92. The average molecular weight is 261 g/mol. The van der Waals surface area contributed by atoms with Crippen molar-refractivity contribution in [2.45, 2.75) is 12.8 Å². The summed E-state index contributed by atoms with van der Waals surface area (Å²) in [5.74, 6) is -0.215. The molecule has 1 aromatic carbocycles.